The molecule has 1 aromatic heterocycles. The van der Waals surface area contributed by atoms with Crippen LogP contribution in [0.4, 0.5) is 0 Å². The molecule has 0 unspecified atom stereocenters. The maximum Gasteiger partial charge on any atom is 0.220 e. The van der Waals surface area contributed by atoms with Crippen molar-refractivity contribution in [2.75, 3.05) is 7.11 Å². The molecule has 0 bridgehead atoms. The normalized spacial score (nSPS) is 27.4. The van der Waals surface area contributed by atoms with Gasteiger partial charge in [-0.2, -0.15) is 0 Å². The molecule has 6 heteroatoms. The minimum atomic E-state index is 0.0209. The van der Waals surface area contributed by atoms with E-state index in [-0.39, 0.29) is 11.9 Å². The fourth-order valence-corrected chi connectivity index (χ4v) is 4.61. The summed E-state index contributed by atoms with van der Waals surface area (Å²) in [5.74, 6) is 1.15. The predicted octanol–water partition coefficient (Wildman–Crippen LogP) is 4.27. The largest absolute Gasteiger partial charge is 0.381 e. The Balaban J connectivity index is 1.74. The lowest BCUT2D eigenvalue weighted by Gasteiger charge is -2.32. The van der Waals surface area contributed by atoms with Crippen molar-refractivity contribution in [2.24, 2.45) is 0 Å². The van der Waals surface area contributed by atoms with E-state index in [4.69, 9.17) is 9.72 Å². The Hall–Kier alpha value is -1.40. The van der Waals surface area contributed by atoms with Crippen LogP contribution in [0.5, 0.6) is 0 Å². The highest BCUT2D eigenvalue weighted by Crippen LogP contribution is 2.37. The summed E-state index contributed by atoms with van der Waals surface area (Å²) in [4.78, 5) is 16.8. The quantitative estimate of drug-likeness (QED) is 0.828. The van der Waals surface area contributed by atoms with Crippen LogP contribution in [-0.4, -0.2) is 28.7 Å². The predicted molar refractivity (Wildman–Crippen MR) is 100 cm³/mol. The molecule has 4 rings (SSSR count). The number of benzene rings is 1. The molecule has 25 heavy (non-hydrogen) atoms. The van der Waals surface area contributed by atoms with Crippen LogP contribution in [0.1, 0.15) is 62.9 Å². The molecule has 2 aliphatic rings. The molecule has 2 fully saturated rings. The number of rotatable bonds is 3. The third-order valence-corrected chi connectivity index (χ3v) is 6.06. The number of piperidine rings is 1. The van der Waals surface area contributed by atoms with Gasteiger partial charge in [-0.25, -0.2) is 4.98 Å². The second-order valence-corrected chi connectivity index (χ2v) is 8.07. The van der Waals surface area contributed by atoms with Gasteiger partial charge in [0.15, 0.2) is 0 Å². The molecule has 1 saturated heterocycles. The van der Waals surface area contributed by atoms with E-state index in [9.17, 15) is 4.79 Å². The van der Waals surface area contributed by atoms with Gasteiger partial charge in [0.05, 0.1) is 23.2 Å². The number of carbonyl (C=O) groups is 1. The van der Waals surface area contributed by atoms with Gasteiger partial charge in [-0.15, -0.1) is 0 Å². The van der Waals surface area contributed by atoms with Crippen LogP contribution in [0.2, 0.25) is 0 Å². The molecule has 1 amide bonds. The second-order valence-electron chi connectivity index (χ2n) is 7.15. The monoisotopic (exact) mass is 405 g/mol. The summed E-state index contributed by atoms with van der Waals surface area (Å²) in [5.41, 5.74) is 2.16. The number of hydrogen-bond donors (Lipinski definition) is 1. The summed E-state index contributed by atoms with van der Waals surface area (Å²) in [6.07, 6.45) is 7.23. The zero-order valence-corrected chi connectivity index (χ0v) is 16.1. The third kappa shape index (κ3) is 3.34. The highest BCUT2D eigenvalue weighted by Gasteiger charge is 2.30. The van der Waals surface area contributed by atoms with Crippen LogP contribution in [0, 0.1) is 0 Å². The minimum absolute atomic E-state index is 0.0209. The lowest BCUT2D eigenvalue weighted by Crippen LogP contribution is -2.35. The Kier molecular flexibility index (Phi) is 4.82. The first kappa shape index (κ1) is 17.0. The number of fused-ring (bicyclic) bond motifs is 1. The maximum atomic E-state index is 11.9. The summed E-state index contributed by atoms with van der Waals surface area (Å²) in [7, 11) is 1.80. The average molecular weight is 406 g/mol. The van der Waals surface area contributed by atoms with Crippen molar-refractivity contribution in [2.45, 2.75) is 63.1 Å². The molecular formula is C19H24BrN3O2. The SMILES string of the molecule is CO[C@H]1CC[C@H](n2c([C@@H]3CCCC(=O)N3)nc3cc(Br)ccc32)CC1. The molecule has 1 N–H and O–H groups in total. The number of ether oxygens (including phenoxy) is 1. The molecule has 5 nitrogen and oxygen atoms in total. The van der Waals surface area contributed by atoms with Gasteiger partial charge in [0.2, 0.25) is 5.91 Å². The van der Waals surface area contributed by atoms with Crippen LogP contribution >= 0.6 is 15.9 Å². The Morgan fingerprint density at radius 2 is 2.04 bits per heavy atom. The molecule has 1 aliphatic carbocycles. The molecule has 2 aromatic rings. The summed E-state index contributed by atoms with van der Waals surface area (Å²) in [6, 6.07) is 6.73. The zero-order valence-electron chi connectivity index (χ0n) is 14.5. The van der Waals surface area contributed by atoms with Gasteiger partial charge in [-0.05, 0) is 56.7 Å². The van der Waals surface area contributed by atoms with Gasteiger partial charge in [0.25, 0.3) is 0 Å². The van der Waals surface area contributed by atoms with E-state index in [1.54, 1.807) is 7.11 Å². The van der Waals surface area contributed by atoms with Gasteiger partial charge < -0.3 is 14.6 Å². The van der Waals surface area contributed by atoms with Crippen molar-refractivity contribution >= 4 is 32.9 Å². The van der Waals surface area contributed by atoms with Gasteiger partial charge >= 0.3 is 0 Å². The van der Waals surface area contributed by atoms with Crippen molar-refractivity contribution in [1.29, 1.82) is 0 Å². The molecular weight excluding hydrogens is 382 g/mol. The van der Waals surface area contributed by atoms with Crippen LogP contribution in [0.15, 0.2) is 22.7 Å². The molecule has 1 saturated carbocycles. The van der Waals surface area contributed by atoms with Crippen molar-refractivity contribution in [3.05, 3.63) is 28.5 Å². The highest BCUT2D eigenvalue weighted by atomic mass is 79.9. The maximum absolute atomic E-state index is 11.9. The zero-order chi connectivity index (χ0) is 17.4. The number of hydrogen-bond acceptors (Lipinski definition) is 3. The highest BCUT2D eigenvalue weighted by molar-refractivity contribution is 9.10. The van der Waals surface area contributed by atoms with E-state index in [2.05, 4.69) is 44.0 Å². The molecule has 1 aromatic carbocycles. The van der Waals surface area contributed by atoms with Crippen molar-refractivity contribution in [3.8, 4) is 0 Å². The second kappa shape index (κ2) is 7.08. The van der Waals surface area contributed by atoms with Crippen molar-refractivity contribution in [3.63, 3.8) is 0 Å². The molecule has 1 atom stereocenters. The summed E-state index contributed by atoms with van der Waals surface area (Å²) in [5, 5.41) is 3.15. The first-order valence-corrected chi connectivity index (χ1v) is 9.94. The Morgan fingerprint density at radius 1 is 1.24 bits per heavy atom. The van der Waals surface area contributed by atoms with Gasteiger partial charge in [0, 0.05) is 24.0 Å². The number of halogens is 1. The van der Waals surface area contributed by atoms with E-state index in [0.29, 0.717) is 18.6 Å². The number of imidazole rings is 1. The number of nitrogens with zero attached hydrogens (tertiary/aromatic N) is 2. The third-order valence-electron chi connectivity index (χ3n) is 5.56. The first-order chi connectivity index (χ1) is 12.2. The van der Waals surface area contributed by atoms with Crippen LogP contribution in [0.3, 0.4) is 0 Å². The van der Waals surface area contributed by atoms with Crippen LogP contribution < -0.4 is 5.32 Å². The van der Waals surface area contributed by atoms with Gasteiger partial charge in [-0.3, -0.25) is 4.79 Å². The molecule has 0 radical (unpaired) electrons. The number of amides is 1. The molecule has 134 valence electrons. The smallest absolute Gasteiger partial charge is 0.220 e. The summed E-state index contributed by atoms with van der Waals surface area (Å²) in [6.45, 7) is 0. The number of methoxy groups -OCH3 is 1. The van der Waals surface area contributed by atoms with Gasteiger partial charge in [0.1, 0.15) is 5.82 Å². The standard InChI is InChI=1S/C19H24BrN3O2/c1-25-14-8-6-13(7-9-14)23-17-10-5-12(20)11-16(17)22-19(23)15-3-2-4-18(24)21-15/h5,10-11,13-15H,2-4,6-9H2,1H3,(H,21,24)/t13-,14-,15-/m0/s1. The number of aromatic nitrogens is 2. The van der Waals surface area contributed by atoms with Crippen molar-refractivity contribution in [1.82, 2.24) is 14.9 Å². The Morgan fingerprint density at radius 3 is 2.76 bits per heavy atom. The Bertz CT molecular complexity index is 780. The Labute approximate surface area is 156 Å². The number of nitrogens with one attached hydrogen (secondary N) is 1. The topological polar surface area (TPSA) is 56.1 Å². The lowest BCUT2D eigenvalue weighted by molar-refractivity contribution is -0.123. The molecule has 0 spiro atoms. The van der Waals surface area contributed by atoms with E-state index < -0.39 is 0 Å². The van der Waals surface area contributed by atoms with E-state index in [0.717, 1.165) is 54.3 Å². The minimum Gasteiger partial charge on any atom is -0.381 e. The summed E-state index contributed by atoms with van der Waals surface area (Å²) >= 11 is 3.55. The van der Waals surface area contributed by atoms with E-state index >= 15 is 0 Å². The van der Waals surface area contributed by atoms with Crippen LogP contribution in [-0.2, 0) is 9.53 Å². The van der Waals surface area contributed by atoms with Crippen LogP contribution in [0.25, 0.3) is 11.0 Å². The molecule has 1 aliphatic heterocycles. The average Bonchev–Trinajstić information content (AvgIpc) is 3.00. The fourth-order valence-electron chi connectivity index (χ4n) is 4.26. The van der Waals surface area contributed by atoms with E-state index in [1.807, 2.05) is 0 Å². The summed E-state index contributed by atoms with van der Waals surface area (Å²) < 4.78 is 8.96. The van der Waals surface area contributed by atoms with E-state index in [1.165, 1.54) is 5.52 Å². The fraction of sp³-hybridized carbons (Fsp3) is 0.579. The van der Waals surface area contributed by atoms with Crippen molar-refractivity contribution < 1.29 is 9.53 Å². The van der Waals surface area contributed by atoms with Gasteiger partial charge in [-0.1, -0.05) is 15.9 Å². The first-order valence-electron chi connectivity index (χ1n) is 9.15. The lowest BCUT2D eigenvalue weighted by atomic mass is 9.92. The molecule has 2 heterocycles. The number of carbonyl (C=O) groups excluding carboxylic acids is 1.